The Balaban J connectivity index is 2.56. The monoisotopic (exact) mass is 239 g/mol. The van der Waals surface area contributed by atoms with Gasteiger partial charge in [0.2, 0.25) is 5.75 Å². The molecule has 0 aliphatic carbocycles. The van der Waals surface area contributed by atoms with Crippen LogP contribution in [-0.2, 0) is 10.4 Å². The van der Waals surface area contributed by atoms with E-state index in [9.17, 15) is 8.42 Å². The number of hydrogen-bond acceptors (Lipinski definition) is 5. The van der Waals surface area contributed by atoms with Gasteiger partial charge in [0.25, 0.3) is 0 Å². The van der Waals surface area contributed by atoms with Gasteiger partial charge in [0, 0.05) is 12.4 Å². The maximum absolute atomic E-state index is 11.1. The minimum absolute atomic E-state index is 0.141. The summed E-state index contributed by atoms with van der Waals surface area (Å²) in [5.41, 5.74) is 0.503. The number of nitrogens with zero attached hydrogens (tertiary/aromatic N) is 1. The van der Waals surface area contributed by atoms with E-state index >= 15 is 0 Å². The van der Waals surface area contributed by atoms with Gasteiger partial charge in [0.05, 0.1) is 5.69 Å². The van der Waals surface area contributed by atoms with E-state index in [1.54, 1.807) is 12.1 Å². The van der Waals surface area contributed by atoms with Crippen molar-refractivity contribution in [3.05, 3.63) is 43.8 Å². The molecule has 84 valence electrons. The number of para-hydroxylation sites is 1. The lowest BCUT2D eigenvalue weighted by Gasteiger charge is -2.15. The molecule has 0 saturated heterocycles. The summed E-state index contributed by atoms with van der Waals surface area (Å²) in [6, 6.07) is 4.83. The quantitative estimate of drug-likeness (QED) is 0.805. The molecule has 0 bridgehead atoms. The zero-order valence-corrected chi connectivity index (χ0v) is 9.11. The van der Waals surface area contributed by atoms with E-state index in [2.05, 4.69) is 17.3 Å². The second-order valence-electron chi connectivity index (χ2n) is 2.95. The Morgan fingerprint density at radius 1 is 1.19 bits per heavy atom. The van der Waals surface area contributed by atoms with Crippen LogP contribution >= 0.6 is 0 Å². The molecule has 6 heteroatoms. The first kappa shape index (κ1) is 10.6. The van der Waals surface area contributed by atoms with Crippen LogP contribution in [0.5, 0.6) is 11.5 Å². The van der Waals surface area contributed by atoms with Crippen LogP contribution in [0.1, 0.15) is 0 Å². The van der Waals surface area contributed by atoms with Crippen molar-refractivity contribution < 1.29 is 16.8 Å². The van der Waals surface area contributed by atoms with Gasteiger partial charge < -0.3 is 13.3 Å². The van der Waals surface area contributed by atoms with E-state index in [1.165, 1.54) is 23.4 Å². The Bertz CT molecular complexity index is 542. The molecule has 0 atom stereocenters. The molecule has 0 radical (unpaired) electrons. The standard InChI is InChI=1S/C10H9NO4S/c1-3-11(4-2)8-6-5-7-9-10(8)15-16(12,13)14-9/h3-7H,1-2H2. The molecule has 0 fully saturated rings. The molecule has 1 aromatic carbocycles. The van der Waals surface area contributed by atoms with E-state index in [1.807, 2.05) is 0 Å². The highest BCUT2D eigenvalue weighted by atomic mass is 32.3. The molecule has 0 N–H and O–H groups in total. The molecule has 0 unspecified atom stereocenters. The van der Waals surface area contributed by atoms with Gasteiger partial charge >= 0.3 is 10.4 Å². The number of hydrogen-bond donors (Lipinski definition) is 0. The number of anilines is 1. The normalized spacial score (nSPS) is 15.5. The molecule has 5 nitrogen and oxygen atoms in total. The van der Waals surface area contributed by atoms with Crippen LogP contribution in [0.2, 0.25) is 0 Å². The summed E-state index contributed by atoms with van der Waals surface area (Å²) in [6.45, 7) is 7.16. The highest BCUT2D eigenvalue weighted by molar-refractivity contribution is 7.82. The van der Waals surface area contributed by atoms with E-state index < -0.39 is 10.4 Å². The molecule has 2 rings (SSSR count). The first-order valence-electron chi connectivity index (χ1n) is 4.38. The van der Waals surface area contributed by atoms with Crippen LogP contribution in [0.25, 0.3) is 0 Å². The Hall–Kier alpha value is -1.95. The lowest BCUT2D eigenvalue weighted by atomic mass is 10.2. The van der Waals surface area contributed by atoms with Crippen molar-refractivity contribution in [2.75, 3.05) is 4.90 Å². The second kappa shape index (κ2) is 3.57. The molecular weight excluding hydrogens is 230 g/mol. The van der Waals surface area contributed by atoms with Gasteiger partial charge in [-0.05, 0) is 12.1 Å². The third-order valence-electron chi connectivity index (χ3n) is 2.01. The summed E-state index contributed by atoms with van der Waals surface area (Å²) in [5, 5.41) is 0. The Labute approximate surface area is 93.5 Å². The van der Waals surface area contributed by atoms with Gasteiger partial charge in [-0.1, -0.05) is 19.2 Å². The Kier molecular flexibility index (Phi) is 2.35. The van der Waals surface area contributed by atoms with Crippen LogP contribution in [-0.4, -0.2) is 8.42 Å². The highest BCUT2D eigenvalue weighted by Gasteiger charge is 2.31. The van der Waals surface area contributed by atoms with E-state index in [0.29, 0.717) is 5.69 Å². The summed E-state index contributed by atoms with van der Waals surface area (Å²) in [4.78, 5) is 1.53. The number of fused-ring (bicyclic) bond motifs is 1. The molecule has 16 heavy (non-hydrogen) atoms. The van der Waals surface area contributed by atoms with Crippen LogP contribution < -0.4 is 13.3 Å². The van der Waals surface area contributed by atoms with Crippen molar-refractivity contribution in [3.63, 3.8) is 0 Å². The minimum Gasteiger partial charge on any atom is -0.349 e. The molecule has 0 spiro atoms. The van der Waals surface area contributed by atoms with Gasteiger partial charge in [0.15, 0.2) is 5.75 Å². The average molecular weight is 239 g/mol. The maximum atomic E-state index is 11.1. The highest BCUT2D eigenvalue weighted by Crippen LogP contribution is 2.43. The smallest absolute Gasteiger partial charge is 0.349 e. The molecule has 0 saturated carbocycles. The van der Waals surface area contributed by atoms with E-state index in [0.717, 1.165) is 0 Å². The molecule has 1 heterocycles. The van der Waals surface area contributed by atoms with Crippen LogP contribution in [0, 0.1) is 0 Å². The van der Waals surface area contributed by atoms with E-state index in [-0.39, 0.29) is 11.5 Å². The van der Waals surface area contributed by atoms with Crippen LogP contribution in [0.3, 0.4) is 0 Å². The maximum Gasteiger partial charge on any atom is 0.501 e. The number of benzene rings is 1. The van der Waals surface area contributed by atoms with Crippen molar-refractivity contribution in [2.24, 2.45) is 0 Å². The molecule has 0 aromatic heterocycles. The molecule has 1 aromatic rings. The largest absolute Gasteiger partial charge is 0.501 e. The van der Waals surface area contributed by atoms with Crippen LogP contribution in [0.15, 0.2) is 43.8 Å². The summed E-state index contributed by atoms with van der Waals surface area (Å²) < 4.78 is 31.6. The average Bonchev–Trinajstić information content (AvgIpc) is 2.54. The fourth-order valence-electron chi connectivity index (χ4n) is 1.36. The van der Waals surface area contributed by atoms with E-state index in [4.69, 9.17) is 4.18 Å². The fourth-order valence-corrected chi connectivity index (χ4v) is 2.11. The second-order valence-corrected chi connectivity index (χ2v) is 4.10. The Morgan fingerprint density at radius 2 is 1.88 bits per heavy atom. The number of rotatable bonds is 3. The predicted octanol–water partition coefficient (Wildman–Crippen LogP) is 1.80. The van der Waals surface area contributed by atoms with Crippen molar-refractivity contribution >= 4 is 16.1 Å². The minimum atomic E-state index is -3.97. The molecule has 1 aliphatic rings. The van der Waals surface area contributed by atoms with Crippen molar-refractivity contribution in [1.82, 2.24) is 0 Å². The molecule has 1 aliphatic heterocycles. The first-order chi connectivity index (χ1) is 7.57. The van der Waals surface area contributed by atoms with Crippen LogP contribution in [0.4, 0.5) is 5.69 Å². The summed E-state index contributed by atoms with van der Waals surface area (Å²) >= 11 is 0. The lowest BCUT2D eigenvalue weighted by molar-refractivity contribution is 0.436. The van der Waals surface area contributed by atoms with Gasteiger partial charge in [-0.3, -0.25) is 0 Å². The summed E-state index contributed by atoms with van der Waals surface area (Å²) in [5.74, 6) is 0.300. The Morgan fingerprint density at radius 3 is 2.50 bits per heavy atom. The molecular formula is C10H9NO4S. The third kappa shape index (κ3) is 1.63. The SMILES string of the molecule is C=CN(C=C)c1cccc2c1OS(=O)(=O)O2. The first-order valence-corrected chi connectivity index (χ1v) is 5.71. The molecule has 0 amide bonds. The lowest BCUT2D eigenvalue weighted by Crippen LogP contribution is -2.10. The van der Waals surface area contributed by atoms with Crippen molar-refractivity contribution in [1.29, 1.82) is 0 Å². The van der Waals surface area contributed by atoms with Gasteiger partial charge in [-0.2, -0.15) is 0 Å². The third-order valence-corrected chi connectivity index (χ3v) is 2.76. The van der Waals surface area contributed by atoms with Gasteiger partial charge in [-0.25, -0.2) is 0 Å². The van der Waals surface area contributed by atoms with Gasteiger partial charge in [-0.15, -0.1) is 8.42 Å². The summed E-state index contributed by atoms with van der Waals surface area (Å²) in [7, 11) is -3.97. The van der Waals surface area contributed by atoms with Crippen molar-refractivity contribution in [2.45, 2.75) is 0 Å². The predicted molar refractivity (Wildman–Crippen MR) is 59.5 cm³/mol. The van der Waals surface area contributed by atoms with Crippen molar-refractivity contribution in [3.8, 4) is 11.5 Å². The van der Waals surface area contributed by atoms with Gasteiger partial charge in [0.1, 0.15) is 0 Å². The summed E-state index contributed by atoms with van der Waals surface area (Å²) in [6.07, 6.45) is 2.97. The topological polar surface area (TPSA) is 55.8 Å². The zero-order chi connectivity index (χ0) is 11.8. The zero-order valence-electron chi connectivity index (χ0n) is 8.29. The fraction of sp³-hybridized carbons (Fsp3) is 0.